The average molecular weight is 269 g/mol. The van der Waals surface area contributed by atoms with E-state index in [0.717, 1.165) is 5.92 Å². The van der Waals surface area contributed by atoms with Crippen LogP contribution in [0.5, 0.6) is 0 Å². The molecule has 3 nitrogen and oxygen atoms in total. The van der Waals surface area contributed by atoms with Crippen molar-refractivity contribution in [2.75, 3.05) is 14.1 Å². The molecule has 0 aliphatic heterocycles. The largest absolute Gasteiger partial charge is 0.302 e. The summed E-state index contributed by atoms with van der Waals surface area (Å²) in [6.07, 6.45) is 11.8. The van der Waals surface area contributed by atoms with Gasteiger partial charge in [0.1, 0.15) is 0 Å². The van der Waals surface area contributed by atoms with Crippen molar-refractivity contribution in [2.45, 2.75) is 83.2 Å². The molecule has 19 heavy (non-hydrogen) atoms. The van der Waals surface area contributed by atoms with Gasteiger partial charge in [-0.1, -0.05) is 52.4 Å². The molecular formula is C16H35N3. The van der Waals surface area contributed by atoms with Gasteiger partial charge in [0, 0.05) is 11.6 Å². The number of nitrogens with zero attached hydrogens (tertiary/aromatic N) is 1. The maximum absolute atomic E-state index is 5.96. The molecule has 3 N–H and O–H groups in total. The minimum atomic E-state index is 0.258. The number of hydrogen-bond acceptors (Lipinski definition) is 3. The molecule has 1 aliphatic rings. The summed E-state index contributed by atoms with van der Waals surface area (Å²) < 4.78 is 0. The fourth-order valence-electron chi connectivity index (χ4n) is 3.85. The Balaban J connectivity index is 2.86. The zero-order valence-electron chi connectivity index (χ0n) is 13.5. The summed E-state index contributed by atoms with van der Waals surface area (Å²) in [4.78, 5) is 2.45. The Morgan fingerprint density at radius 1 is 1.05 bits per heavy atom. The topological polar surface area (TPSA) is 41.3 Å². The molecule has 0 saturated heterocycles. The number of likely N-dealkylation sites (N-methyl/N-ethyl adjacent to an activating group) is 1. The smallest absolute Gasteiger partial charge is 0.0397 e. The van der Waals surface area contributed by atoms with Crippen molar-refractivity contribution in [3.63, 3.8) is 0 Å². The van der Waals surface area contributed by atoms with Crippen LogP contribution in [0, 0.1) is 5.92 Å². The molecule has 1 atom stereocenters. The third-order valence-electron chi connectivity index (χ3n) is 5.43. The summed E-state index contributed by atoms with van der Waals surface area (Å²) >= 11 is 0. The third-order valence-corrected chi connectivity index (χ3v) is 5.43. The summed E-state index contributed by atoms with van der Waals surface area (Å²) in [6, 6.07) is 0.422. The Labute approximate surface area is 120 Å². The van der Waals surface area contributed by atoms with Gasteiger partial charge in [0.05, 0.1) is 0 Å². The number of hydrogen-bond donors (Lipinski definition) is 2. The second-order valence-electron chi connectivity index (χ2n) is 6.55. The lowest BCUT2D eigenvalue weighted by Crippen LogP contribution is -2.61. The number of nitrogens with one attached hydrogen (secondary N) is 1. The zero-order chi connectivity index (χ0) is 14.3. The maximum Gasteiger partial charge on any atom is 0.0397 e. The first kappa shape index (κ1) is 16.9. The minimum absolute atomic E-state index is 0.258. The zero-order valence-corrected chi connectivity index (χ0v) is 13.5. The highest BCUT2D eigenvalue weighted by Gasteiger charge is 2.40. The van der Waals surface area contributed by atoms with Gasteiger partial charge in [-0.15, -0.1) is 0 Å². The molecule has 0 heterocycles. The van der Waals surface area contributed by atoms with Crippen molar-refractivity contribution in [2.24, 2.45) is 11.8 Å². The first-order valence-corrected chi connectivity index (χ1v) is 8.24. The van der Waals surface area contributed by atoms with Crippen molar-refractivity contribution in [1.29, 1.82) is 0 Å². The Kier molecular flexibility index (Phi) is 7.33. The van der Waals surface area contributed by atoms with Crippen LogP contribution in [0.1, 0.15) is 71.6 Å². The van der Waals surface area contributed by atoms with Crippen molar-refractivity contribution < 1.29 is 0 Å². The first-order valence-electron chi connectivity index (χ1n) is 8.24. The standard InChI is InChI=1S/C16H35N3/c1-5-14(6-2)13-15(18-17)16(19(3)4)11-9-7-8-10-12-16/h14-15,18H,5-13,17H2,1-4H3. The SMILES string of the molecule is CCC(CC)CC(NN)C1(N(C)C)CCCCCC1. The normalized spacial score (nSPS) is 21.6. The maximum atomic E-state index is 5.96. The van der Waals surface area contributed by atoms with Gasteiger partial charge in [-0.2, -0.15) is 0 Å². The van der Waals surface area contributed by atoms with Crippen molar-refractivity contribution in [1.82, 2.24) is 10.3 Å². The predicted molar refractivity (Wildman–Crippen MR) is 83.9 cm³/mol. The van der Waals surface area contributed by atoms with E-state index in [1.165, 1.54) is 57.8 Å². The third kappa shape index (κ3) is 4.17. The molecule has 0 amide bonds. The van der Waals surface area contributed by atoms with Gasteiger partial charge in [0.15, 0.2) is 0 Å². The molecule has 0 aromatic rings. The van der Waals surface area contributed by atoms with Crippen LogP contribution in [0.15, 0.2) is 0 Å². The Hall–Kier alpha value is -0.120. The van der Waals surface area contributed by atoms with Gasteiger partial charge in [-0.05, 0) is 39.3 Å². The fourth-order valence-corrected chi connectivity index (χ4v) is 3.85. The minimum Gasteiger partial charge on any atom is -0.302 e. The van der Waals surface area contributed by atoms with E-state index in [2.05, 4.69) is 38.3 Å². The molecule has 0 radical (unpaired) electrons. The van der Waals surface area contributed by atoms with Crippen molar-refractivity contribution >= 4 is 0 Å². The first-order chi connectivity index (χ1) is 9.10. The molecule has 114 valence electrons. The Morgan fingerprint density at radius 3 is 1.95 bits per heavy atom. The summed E-state index contributed by atoms with van der Waals surface area (Å²) in [7, 11) is 4.48. The molecule has 1 aliphatic carbocycles. The lowest BCUT2D eigenvalue weighted by molar-refractivity contribution is 0.0675. The van der Waals surface area contributed by atoms with Gasteiger partial charge in [-0.3, -0.25) is 11.3 Å². The number of nitrogens with two attached hydrogens (primary N) is 1. The van der Waals surface area contributed by atoms with Crippen LogP contribution in [-0.4, -0.2) is 30.6 Å². The van der Waals surface area contributed by atoms with E-state index >= 15 is 0 Å². The van der Waals surface area contributed by atoms with E-state index < -0.39 is 0 Å². The predicted octanol–water partition coefficient (Wildman–Crippen LogP) is 3.30. The molecule has 3 heteroatoms. The van der Waals surface area contributed by atoms with Gasteiger partial charge in [0.25, 0.3) is 0 Å². The molecule has 1 rings (SSSR count). The van der Waals surface area contributed by atoms with Crippen LogP contribution in [0.25, 0.3) is 0 Å². The highest BCUT2D eigenvalue weighted by atomic mass is 15.3. The summed E-state index contributed by atoms with van der Waals surface area (Å²) in [6.45, 7) is 4.61. The monoisotopic (exact) mass is 269 g/mol. The second-order valence-corrected chi connectivity index (χ2v) is 6.55. The van der Waals surface area contributed by atoms with E-state index in [0.29, 0.717) is 6.04 Å². The lowest BCUT2D eigenvalue weighted by atomic mass is 9.77. The quantitative estimate of drug-likeness (QED) is 0.423. The van der Waals surface area contributed by atoms with E-state index in [1.54, 1.807) is 0 Å². The van der Waals surface area contributed by atoms with Crippen LogP contribution >= 0.6 is 0 Å². The average Bonchev–Trinajstić information content (AvgIpc) is 2.67. The van der Waals surface area contributed by atoms with Gasteiger partial charge < -0.3 is 4.90 Å². The highest BCUT2D eigenvalue weighted by molar-refractivity contribution is 4.99. The number of rotatable bonds is 7. The van der Waals surface area contributed by atoms with Gasteiger partial charge >= 0.3 is 0 Å². The molecule has 0 aromatic heterocycles. The fraction of sp³-hybridized carbons (Fsp3) is 1.00. The molecule has 0 spiro atoms. The van der Waals surface area contributed by atoms with E-state index in [9.17, 15) is 0 Å². The van der Waals surface area contributed by atoms with Crippen LogP contribution in [0.3, 0.4) is 0 Å². The summed E-state index contributed by atoms with van der Waals surface area (Å²) in [5.74, 6) is 6.75. The van der Waals surface area contributed by atoms with E-state index in [1.807, 2.05) is 0 Å². The summed E-state index contributed by atoms with van der Waals surface area (Å²) in [5.41, 5.74) is 3.44. The molecular weight excluding hydrogens is 234 g/mol. The van der Waals surface area contributed by atoms with E-state index in [4.69, 9.17) is 5.84 Å². The van der Waals surface area contributed by atoms with Crippen molar-refractivity contribution in [3.8, 4) is 0 Å². The molecule has 1 fully saturated rings. The van der Waals surface area contributed by atoms with Gasteiger partial charge in [-0.25, -0.2) is 0 Å². The summed E-state index contributed by atoms with van der Waals surface area (Å²) in [5, 5.41) is 0. The molecule has 1 saturated carbocycles. The molecule has 0 aromatic carbocycles. The number of hydrazine groups is 1. The van der Waals surface area contributed by atoms with Gasteiger partial charge in [0.2, 0.25) is 0 Å². The van der Waals surface area contributed by atoms with Crippen LogP contribution < -0.4 is 11.3 Å². The Bertz CT molecular complexity index is 228. The van der Waals surface area contributed by atoms with Crippen LogP contribution in [0.2, 0.25) is 0 Å². The van der Waals surface area contributed by atoms with Crippen LogP contribution in [-0.2, 0) is 0 Å². The highest BCUT2D eigenvalue weighted by Crippen LogP contribution is 2.36. The molecule has 1 unspecified atom stereocenters. The second kappa shape index (κ2) is 8.23. The van der Waals surface area contributed by atoms with E-state index in [-0.39, 0.29) is 5.54 Å². The van der Waals surface area contributed by atoms with Crippen LogP contribution in [0.4, 0.5) is 0 Å². The van der Waals surface area contributed by atoms with Crippen molar-refractivity contribution in [3.05, 3.63) is 0 Å². The Morgan fingerprint density at radius 2 is 1.58 bits per heavy atom. The lowest BCUT2D eigenvalue weighted by Gasteiger charge is -2.46. The molecule has 0 bridgehead atoms.